The summed E-state index contributed by atoms with van der Waals surface area (Å²) < 4.78 is 9.74. The molecule has 5 heteroatoms. The van der Waals surface area contributed by atoms with Crippen molar-refractivity contribution in [1.82, 2.24) is 0 Å². The largest absolute Gasteiger partial charge is 0.429 e. The van der Waals surface area contributed by atoms with Gasteiger partial charge in [0.25, 0.3) is 0 Å². The van der Waals surface area contributed by atoms with Crippen LogP contribution < -0.4 is 0 Å². The molecule has 2 rings (SSSR count). The summed E-state index contributed by atoms with van der Waals surface area (Å²) in [7, 11) is 0. The lowest BCUT2D eigenvalue weighted by atomic mass is 10.0. The van der Waals surface area contributed by atoms with E-state index >= 15 is 0 Å². The molecule has 3 atom stereocenters. The highest BCUT2D eigenvalue weighted by molar-refractivity contribution is 5.91. The number of hydrogen-bond donors (Lipinski definition) is 2. The fourth-order valence-corrected chi connectivity index (χ4v) is 1.58. The highest BCUT2D eigenvalue weighted by Crippen LogP contribution is 2.26. The Hall–Kier alpha value is -1.17. The van der Waals surface area contributed by atoms with Crippen LogP contribution in [0.4, 0.5) is 0 Å². The molecule has 2 N–H and O–H groups in total. The van der Waals surface area contributed by atoms with Crippen LogP contribution in [0.2, 0.25) is 0 Å². The molecule has 0 aromatic heterocycles. The Morgan fingerprint density at radius 1 is 1.47 bits per heavy atom. The lowest BCUT2D eigenvalue weighted by Crippen LogP contribution is -2.30. The lowest BCUT2D eigenvalue weighted by Gasteiger charge is -2.25. The molecule has 15 heavy (non-hydrogen) atoms. The fourth-order valence-electron chi connectivity index (χ4n) is 1.58. The normalized spacial score (nSPS) is 35.9. The summed E-state index contributed by atoms with van der Waals surface area (Å²) in [6.45, 7) is 1.75. The lowest BCUT2D eigenvalue weighted by molar-refractivity contribution is -0.154. The van der Waals surface area contributed by atoms with Crippen LogP contribution >= 0.6 is 0 Å². The zero-order valence-electron chi connectivity index (χ0n) is 8.21. The third-order valence-corrected chi connectivity index (χ3v) is 2.47. The van der Waals surface area contributed by atoms with E-state index < -0.39 is 24.7 Å². The van der Waals surface area contributed by atoms with Crippen LogP contribution in [0.3, 0.4) is 0 Å². The average Bonchev–Trinajstić information content (AvgIpc) is 2.50. The molecule has 0 saturated heterocycles. The molecule has 0 radical (unpaired) electrons. The van der Waals surface area contributed by atoms with Gasteiger partial charge in [-0.25, -0.2) is 4.79 Å². The fraction of sp³-hybridized carbons (Fsp3) is 0.500. The van der Waals surface area contributed by atoms with Crippen molar-refractivity contribution in [3.8, 4) is 0 Å². The first-order valence-electron chi connectivity index (χ1n) is 4.69. The second kappa shape index (κ2) is 3.77. The minimum atomic E-state index is -1.19. The molecular weight excluding hydrogens is 200 g/mol. The van der Waals surface area contributed by atoms with Crippen LogP contribution in [0.5, 0.6) is 0 Å². The van der Waals surface area contributed by atoms with E-state index in [0.717, 1.165) is 5.57 Å². The van der Waals surface area contributed by atoms with Gasteiger partial charge in [-0.2, -0.15) is 0 Å². The Labute approximate surface area is 86.6 Å². The van der Waals surface area contributed by atoms with E-state index in [-0.39, 0.29) is 5.57 Å². The monoisotopic (exact) mass is 212 g/mol. The Kier molecular flexibility index (Phi) is 2.60. The zero-order valence-corrected chi connectivity index (χ0v) is 8.21. The number of rotatable bonds is 1. The number of carbonyl (C=O) groups excluding carboxylic acids is 1. The van der Waals surface area contributed by atoms with E-state index in [1.807, 2.05) is 0 Å². The molecule has 0 aromatic rings. The zero-order chi connectivity index (χ0) is 11.0. The molecule has 0 spiro atoms. The molecular formula is C10H12O5. The molecule has 0 fully saturated rings. The number of hydrogen-bond acceptors (Lipinski definition) is 5. The molecule has 0 aliphatic carbocycles. The van der Waals surface area contributed by atoms with E-state index in [4.69, 9.17) is 9.84 Å². The smallest absolute Gasteiger partial charge is 0.339 e. The third kappa shape index (κ3) is 1.94. The van der Waals surface area contributed by atoms with Crippen LogP contribution in [-0.2, 0) is 14.3 Å². The minimum Gasteiger partial charge on any atom is -0.429 e. The van der Waals surface area contributed by atoms with Gasteiger partial charge in [0, 0.05) is 0 Å². The Morgan fingerprint density at radius 3 is 2.73 bits per heavy atom. The Morgan fingerprint density at radius 2 is 2.20 bits per heavy atom. The molecule has 0 amide bonds. The van der Waals surface area contributed by atoms with Crippen molar-refractivity contribution >= 4 is 5.97 Å². The van der Waals surface area contributed by atoms with Crippen molar-refractivity contribution < 1.29 is 24.5 Å². The van der Waals surface area contributed by atoms with Gasteiger partial charge in [-0.15, -0.1) is 0 Å². The summed E-state index contributed by atoms with van der Waals surface area (Å²) in [5, 5.41) is 18.5. The maximum absolute atomic E-state index is 11.2. The molecule has 5 nitrogen and oxygen atoms in total. The van der Waals surface area contributed by atoms with Crippen molar-refractivity contribution in [2.75, 3.05) is 0 Å². The van der Waals surface area contributed by atoms with E-state index in [1.54, 1.807) is 13.0 Å². The quantitative estimate of drug-likeness (QED) is 0.466. The highest BCUT2D eigenvalue weighted by atomic mass is 16.6. The van der Waals surface area contributed by atoms with Crippen molar-refractivity contribution in [3.05, 3.63) is 23.3 Å². The number of esters is 1. The summed E-state index contributed by atoms with van der Waals surface area (Å²) in [5.41, 5.74) is 0.990. The highest BCUT2D eigenvalue weighted by Gasteiger charge is 2.33. The molecule has 2 heterocycles. The van der Waals surface area contributed by atoms with Gasteiger partial charge in [0.15, 0.2) is 6.29 Å². The van der Waals surface area contributed by atoms with Crippen molar-refractivity contribution in [2.24, 2.45) is 0 Å². The predicted octanol–water partition coefficient (Wildman–Crippen LogP) is -0.158. The van der Waals surface area contributed by atoms with E-state index in [1.165, 1.54) is 6.08 Å². The SMILES string of the molecule is CC1=CCC(C2=CC(O)OC2=O)OC1O. The number of carbonyl (C=O) groups is 1. The number of aliphatic hydroxyl groups is 2. The molecule has 0 saturated carbocycles. The first-order chi connectivity index (χ1) is 7.08. The van der Waals surface area contributed by atoms with Gasteiger partial charge >= 0.3 is 5.97 Å². The van der Waals surface area contributed by atoms with Gasteiger partial charge in [0.05, 0.1) is 11.7 Å². The number of ether oxygens (including phenoxy) is 2. The summed E-state index contributed by atoms with van der Waals surface area (Å²) in [4.78, 5) is 11.2. The molecule has 0 bridgehead atoms. The topological polar surface area (TPSA) is 76.0 Å². The van der Waals surface area contributed by atoms with Crippen LogP contribution in [0.25, 0.3) is 0 Å². The summed E-state index contributed by atoms with van der Waals surface area (Å²) >= 11 is 0. The molecule has 2 aliphatic rings. The van der Waals surface area contributed by atoms with Gasteiger partial charge in [0.2, 0.25) is 6.29 Å². The second-order valence-electron chi connectivity index (χ2n) is 3.58. The minimum absolute atomic E-state index is 0.269. The van der Waals surface area contributed by atoms with Gasteiger partial charge < -0.3 is 19.7 Å². The van der Waals surface area contributed by atoms with E-state index in [0.29, 0.717) is 6.42 Å². The van der Waals surface area contributed by atoms with Crippen LogP contribution in [-0.4, -0.2) is 34.9 Å². The second-order valence-corrected chi connectivity index (χ2v) is 3.58. The van der Waals surface area contributed by atoms with Crippen molar-refractivity contribution in [3.63, 3.8) is 0 Å². The number of cyclic esters (lactones) is 1. The van der Waals surface area contributed by atoms with Crippen LogP contribution in [0, 0.1) is 0 Å². The summed E-state index contributed by atoms with van der Waals surface area (Å²) in [6, 6.07) is 0. The molecule has 0 aromatic carbocycles. The van der Waals surface area contributed by atoms with Gasteiger partial charge in [-0.1, -0.05) is 6.08 Å². The third-order valence-electron chi connectivity index (χ3n) is 2.47. The van der Waals surface area contributed by atoms with Crippen molar-refractivity contribution in [2.45, 2.75) is 32.0 Å². The van der Waals surface area contributed by atoms with Crippen LogP contribution in [0.1, 0.15) is 13.3 Å². The Balaban J connectivity index is 2.14. The first-order valence-corrected chi connectivity index (χ1v) is 4.69. The number of aliphatic hydroxyl groups excluding tert-OH is 2. The van der Waals surface area contributed by atoms with E-state index in [2.05, 4.69) is 4.74 Å². The maximum atomic E-state index is 11.2. The van der Waals surface area contributed by atoms with Crippen LogP contribution in [0.15, 0.2) is 23.3 Å². The van der Waals surface area contributed by atoms with Gasteiger partial charge in [0.1, 0.15) is 0 Å². The van der Waals surface area contributed by atoms with Gasteiger partial charge in [-0.05, 0) is 25.0 Å². The maximum Gasteiger partial charge on any atom is 0.339 e. The molecule has 3 unspecified atom stereocenters. The first kappa shape index (κ1) is 10.4. The molecule has 2 aliphatic heterocycles. The molecule has 82 valence electrons. The summed E-state index contributed by atoms with van der Waals surface area (Å²) in [6.07, 6.45) is 0.881. The van der Waals surface area contributed by atoms with Crippen molar-refractivity contribution in [1.29, 1.82) is 0 Å². The predicted molar refractivity (Wildman–Crippen MR) is 49.4 cm³/mol. The standard InChI is InChI=1S/C10H12O5/c1-5-2-3-7(14-9(5)12)6-4-8(11)15-10(6)13/h2,4,7-9,11-12H,3H2,1H3. The average molecular weight is 212 g/mol. The van der Waals surface area contributed by atoms with Gasteiger partial charge in [-0.3, -0.25) is 0 Å². The Bertz CT molecular complexity index is 344. The van der Waals surface area contributed by atoms with E-state index in [9.17, 15) is 9.90 Å². The summed E-state index contributed by atoms with van der Waals surface area (Å²) in [5.74, 6) is -0.590.